The largest absolute Gasteiger partial charge is 0.493 e. The van der Waals surface area contributed by atoms with E-state index >= 15 is 0 Å². The summed E-state index contributed by atoms with van der Waals surface area (Å²) in [6.45, 7) is 2.29. The van der Waals surface area contributed by atoms with E-state index in [4.69, 9.17) is 4.74 Å². The van der Waals surface area contributed by atoms with Crippen molar-refractivity contribution >= 4 is 17.5 Å². The maximum atomic E-state index is 12.6. The molecular formula is C25H26N2O3. The molecule has 0 fully saturated rings. The molecule has 0 aliphatic carbocycles. The van der Waals surface area contributed by atoms with E-state index in [1.54, 1.807) is 24.1 Å². The molecule has 5 heteroatoms. The van der Waals surface area contributed by atoms with Crippen molar-refractivity contribution in [2.24, 2.45) is 0 Å². The third kappa shape index (κ3) is 5.70. The van der Waals surface area contributed by atoms with Crippen molar-refractivity contribution in [1.29, 1.82) is 0 Å². The molecule has 3 rings (SSSR count). The molecule has 0 heterocycles. The van der Waals surface area contributed by atoms with E-state index in [1.807, 2.05) is 79.7 Å². The van der Waals surface area contributed by atoms with E-state index in [0.717, 1.165) is 11.3 Å². The summed E-state index contributed by atoms with van der Waals surface area (Å²) in [6.07, 6.45) is 0.292. The topological polar surface area (TPSA) is 58.6 Å². The molecule has 0 saturated heterocycles. The van der Waals surface area contributed by atoms with Crippen LogP contribution in [0.5, 0.6) is 5.75 Å². The molecule has 0 saturated carbocycles. The zero-order chi connectivity index (χ0) is 21.3. The highest BCUT2D eigenvalue weighted by Crippen LogP contribution is 2.23. The highest BCUT2D eigenvalue weighted by molar-refractivity contribution is 6.04. The predicted octanol–water partition coefficient (Wildman–Crippen LogP) is 4.93. The van der Waals surface area contributed by atoms with E-state index in [2.05, 4.69) is 5.32 Å². The minimum atomic E-state index is -0.164. The van der Waals surface area contributed by atoms with Crippen molar-refractivity contribution in [3.8, 4) is 5.75 Å². The Hall–Kier alpha value is -3.60. The Kier molecular flexibility index (Phi) is 7.22. The first-order valence-electron chi connectivity index (χ1n) is 9.94. The van der Waals surface area contributed by atoms with Crippen molar-refractivity contribution in [3.63, 3.8) is 0 Å². The van der Waals surface area contributed by atoms with Gasteiger partial charge in [0.25, 0.3) is 5.91 Å². The van der Waals surface area contributed by atoms with Crippen molar-refractivity contribution in [3.05, 3.63) is 96.1 Å². The van der Waals surface area contributed by atoms with E-state index in [9.17, 15) is 9.59 Å². The molecule has 0 aliphatic rings. The van der Waals surface area contributed by atoms with Gasteiger partial charge < -0.3 is 15.0 Å². The van der Waals surface area contributed by atoms with Gasteiger partial charge in [0.05, 0.1) is 19.1 Å². The number of carbonyl (C=O) groups is 2. The average Bonchev–Trinajstić information content (AvgIpc) is 2.79. The Bertz CT molecular complexity index is 974. The summed E-state index contributed by atoms with van der Waals surface area (Å²) in [5, 5.41) is 2.91. The molecule has 0 aliphatic heterocycles. The van der Waals surface area contributed by atoms with Crippen molar-refractivity contribution in [1.82, 2.24) is 4.90 Å². The van der Waals surface area contributed by atoms with Crippen LogP contribution in [0.2, 0.25) is 0 Å². The van der Waals surface area contributed by atoms with Gasteiger partial charge in [-0.1, -0.05) is 48.5 Å². The molecule has 3 aromatic rings. The quantitative estimate of drug-likeness (QED) is 0.581. The minimum Gasteiger partial charge on any atom is -0.493 e. The van der Waals surface area contributed by atoms with Crippen LogP contribution in [0, 0.1) is 0 Å². The van der Waals surface area contributed by atoms with Crippen molar-refractivity contribution < 1.29 is 14.3 Å². The van der Waals surface area contributed by atoms with Crippen LogP contribution in [0.15, 0.2) is 84.9 Å². The summed E-state index contributed by atoms with van der Waals surface area (Å²) < 4.78 is 5.62. The number of amides is 2. The zero-order valence-corrected chi connectivity index (χ0v) is 17.2. The second-order valence-electron chi connectivity index (χ2n) is 7.04. The zero-order valence-electron chi connectivity index (χ0n) is 17.2. The number of nitrogens with zero attached hydrogens (tertiary/aromatic N) is 1. The van der Waals surface area contributed by atoms with Gasteiger partial charge >= 0.3 is 0 Å². The lowest BCUT2D eigenvalue weighted by molar-refractivity contribution is -0.132. The summed E-state index contributed by atoms with van der Waals surface area (Å²) in [5.74, 6) is 0.586. The minimum absolute atomic E-state index is 0.00263. The highest BCUT2D eigenvalue weighted by atomic mass is 16.5. The molecule has 2 amide bonds. The van der Waals surface area contributed by atoms with Crippen molar-refractivity contribution in [2.45, 2.75) is 19.4 Å². The standard InChI is InChI=1S/C25H26N2O3/c1-19(27(2)24(28)16-17-30-23-14-7-4-8-15-23)21-12-9-13-22(18-21)26-25(29)20-10-5-3-6-11-20/h3-15,18-19H,16-17H2,1-2H3,(H,26,29)/t19-/m0/s1. The fourth-order valence-electron chi connectivity index (χ4n) is 3.06. The number of anilines is 1. The van der Waals surface area contributed by atoms with Gasteiger partial charge in [0.15, 0.2) is 0 Å². The lowest BCUT2D eigenvalue weighted by atomic mass is 10.1. The molecular weight excluding hydrogens is 376 g/mol. The third-order valence-corrected chi connectivity index (χ3v) is 4.97. The first-order chi connectivity index (χ1) is 14.5. The Labute approximate surface area is 177 Å². The molecule has 5 nitrogen and oxygen atoms in total. The number of hydrogen-bond acceptors (Lipinski definition) is 3. The van der Waals surface area contributed by atoms with Gasteiger partial charge in [-0.15, -0.1) is 0 Å². The van der Waals surface area contributed by atoms with Crippen LogP contribution in [-0.2, 0) is 4.79 Å². The van der Waals surface area contributed by atoms with Gasteiger partial charge in [0, 0.05) is 18.3 Å². The Morgan fingerprint density at radius 2 is 1.60 bits per heavy atom. The number of rotatable bonds is 8. The molecule has 3 aromatic carbocycles. The van der Waals surface area contributed by atoms with Gasteiger partial charge in [-0.3, -0.25) is 9.59 Å². The van der Waals surface area contributed by atoms with Crippen LogP contribution in [-0.4, -0.2) is 30.4 Å². The number of carbonyl (C=O) groups excluding carboxylic acids is 2. The Morgan fingerprint density at radius 1 is 0.933 bits per heavy atom. The van der Waals surface area contributed by atoms with Crippen LogP contribution in [0.25, 0.3) is 0 Å². The molecule has 0 radical (unpaired) electrons. The Balaban J connectivity index is 1.57. The smallest absolute Gasteiger partial charge is 0.255 e. The molecule has 0 unspecified atom stereocenters. The maximum Gasteiger partial charge on any atom is 0.255 e. The number of hydrogen-bond donors (Lipinski definition) is 1. The van der Waals surface area contributed by atoms with E-state index < -0.39 is 0 Å². The number of benzene rings is 3. The second-order valence-corrected chi connectivity index (χ2v) is 7.04. The van der Waals surface area contributed by atoms with E-state index in [0.29, 0.717) is 24.3 Å². The summed E-state index contributed by atoms with van der Waals surface area (Å²) in [4.78, 5) is 26.7. The summed E-state index contributed by atoms with van der Waals surface area (Å²) in [5.41, 5.74) is 2.24. The molecule has 0 aromatic heterocycles. The van der Waals surface area contributed by atoms with E-state index in [-0.39, 0.29) is 17.9 Å². The predicted molar refractivity (Wildman–Crippen MR) is 119 cm³/mol. The summed E-state index contributed by atoms with van der Waals surface area (Å²) >= 11 is 0. The van der Waals surface area contributed by atoms with Gasteiger partial charge in [0.2, 0.25) is 5.91 Å². The SMILES string of the molecule is C[C@@H](c1cccc(NC(=O)c2ccccc2)c1)N(C)C(=O)CCOc1ccccc1. The van der Waals surface area contributed by atoms with Crippen LogP contribution in [0.1, 0.15) is 35.3 Å². The maximum absolute atomic E-state index is 12.6. The Morgan fingerprint density at radius 3 is 2.30 bits per heavy atom. The normalized spacial score (nSPS) is 11.4. The average molecular weight is 402 g/mol. The first kappa shape index (κ1) is 21.1. The van der Waals surface area contributed by atoms with Gasteiger partial charge in [-0.25, -0.2) is 0 Å². The molecule has 1 atom stereocenters. The molecule has 154 valence electrons. The monoisotopic (exact) mass is 402 g/mol. The van der Waals surface area contributed by atoms with E-state index in [1.165, 1.54) is 0 Å². The molecule has 30 heavy (non-hydrogen) atoms. The highest BCUT2D eigenvalue weighted by Gasteiger charge is 2.18. The lowest BCUT2D eigenvalue weighted by Gasteiger charge is -2.26. The lowest BCUT2D eigenvalue weighted by Crippen LogP contribution is -2.30. The van der Waals surface area contributed by atoms with Gasteiger partial charge in [-0.2, -0.15) is 0 Å². The van der Waals surface area contributed by atoms with Crippen LogP contribution >= 0.6 is 0 Å². The molecule has 0 spiro atoms. The third-order valence-electron chi connectivity index (χ3n) is 4.97. The number of para-hydroxylation sites is 1. The van der Waals surface area contributed by atoms with Crippen LogP contribution in [0.4, 0.5) is 5.69 Å². The van der Waals surface area contributed by atoms with Crippen molar-refractivity contribution in [2.75, 3.05) is 19.0 Å². The van der Waals surface area contributed by atoms with Crippen LogP contribution in [0.3, 0.4) is 0 Å². The number of ether oxygens (including phenoxy) is 1. The molecule has 0 bridgehead atoms. The van der Waals surface area contributed by atoms with Crippen LogP contribution < -0.4 is 10.1 Å². The molecule has 1 N–H and O–H groups in total. The summed E-state index contributed by atoms with van der Waals surface area (Å²) in [6, 6.07) is 26.0. The number of nitrogens with one attached hydrogen (secondary N) is 1. The summed E-state index contributed by atoms with van der Waals surface area (Å²) in [7, 11) is 1.78. The van der Waals surface area contributed by atoms with Gasteiger partial charge in [0.1, 0.15) is 5.75 Å². The fourth-order valence-corrected chi connectivity index (χ4v) is 3.06. The fraction of sp³-hybridized carbons (Fsp3) is 0.200. The van der Waals surface area contributed by atoms with Gasteiger partial charge in [-0.05, 0) is 48.9 Å². The second kappa shape index (κ2) is 10.3. The first-order valence-corrected chi connectivity index (χ1v) is 9.94.